The molecule has 0 aliphatic carbocycles. The van der Waals surface area contributed by atoms with Gasteiger partial charge < -0.3 is 0 Å². The molecule has 0 unspecified atom stereocenters. The zero-order valence-corrected chi connectivity index (χ0v) is 13.6. The first kappa shape index (κ1) is 12.8. The van der Waals surface area contributed by atoms with Crippen LogP contribution in [0.4, 0.5) is 0 Å². The molecule has 0 saturated heterocycles. The molecule has 0 fully saturated rings. The van der Waals surface area contributed by atoms with Crippen LogP contribution in [-0.2, 0) is 0 Å². The molecule has 2 nitrogen and oxygen atoms in total. The summed E-state index contributed by atoms with van der Waals surface area (Å²) in [5, 5.41) is 0. The maximum atomic E-state index is 4.73. The van der Waals surface area contributed by atoms with E-state index in [2.05, 4.69) is 60.7 Å². The van der Waals surface area contributed by atoms with Crippen LogP contribution >= 0.6 is 0 Å². The molecule has 0 aliphatic rings. The predicted octanol–water partition coefficient (Wildman–Crippen LogP) is 4.02. The molecule has 0 aliphatic heterocycles. The van der Waals surface area contributed by atoms with Crippen LogP contribution in [0.5, 0.6) is 0 Å². The van der Waals surface area contributed by atoms with Crippen molar-refractivity contribution in [2.75, 3.05) is 0 Å². The van der Waals surface area contributed by atoms with Crippen LogP contribution in [0.3, 0.4) is 0 Å². The Labute approximate surface area is 133 Å². The molecule has 0 N–H and O–H groups in total. The van der Waals surface area contributed by atoms with Crippen LogP contribution in [0.2, 0.25) is 0 Å². The molecule has 0 radical (unpaired) electrons. The molecule has 0 saturated carbocycles. The van der Waals surface area contributed by atoms with Crippen molar-refractivity contribution in [2.45, 2.75) is 0 Å². The second-order valence-electron chi connectivity index (χ2n) is 4.85. The molecular formula is C18H12N2Te. The normalized spacial score (nSPS) is 10.9. The van der Waals surface area contributed by atoms with E-state index in [1.165, 1.54) is 22.3 Å². The number of hydrogen-bond donors (Lipinski definition) is 0. The molecule has 21 heavy (non-hydrogen) atoms. The molecule has 1 aromatic heterocycles. The number of nitrogens with zero attached hydrogens (tertiary/aromatic N) is 2. The summed E-state index contributed by atoms with van der Waals surface area (Å²) < 4.78 is 9.45. The molecule has 3 heteroatoms. The number of hydrogen-bond acceptors (Lipinski definition) is 2. The Morgan fingerprint density at radius 2 is 0.952 bits per heavy atom. The summed E-state index contributed by atoms with van der Waals surface area (Å²) in [5.74, 6) is 0. The van der Waals surface area contributed by atoms with Crippen molar-refractivity contribution < 1.29 is 0 Å². The van der Waals surface area contributed by atoms with Gasteiger partial charge in [-0.05, 0) is 0 Å². The average molecular weight is 384 g/mol. The Morgan fingerprint density at radius 1 is 0.524 bits per heavy atom. The summed E-state index contributed by atoms with van der Waals surface area (Å²) in [5.41, 5.74) is 6.95. The van der Waals surface area contributed by atoms with Gasteiger partial charge in [-0.25, -0.2) is 0 Å². The van der Waals surface area contributed by atoms with Gasteiger partial charge in [0.15, 0.2) is 0 Å². The summed E-state index contributed by atoms with van der Waals surface area (Å²) >= 11 is -0.633. The van der Waals surface area contributed by atoms with Crippen LogP contribution in [-0.4, -0.2) is 27.4 Å². The van der Waals surface area contributed by atoms with Crippen LogP contribution < -0.4 is 0 Å². The van der Waals surface area contributed by atoms with Gasteiger partial charge in [0.05, 0.1) is 0 Å². The topological polar surface area (TPSA) is 25.8 Å². The van der Waals surface area contributed by atoms with E-state index in [0.29, 0.717) is 0 Å². The summed E-state index contributed by atoms with van der Waals surface area (Å²) in [4.78, 5) is 0. The second kappa shape index (κ2) is 5.44. The first-order valence-corrected chi connectivity index (χ1v) is 8.88. The van der Waals surface area contributed by atoms with Crippen molar-refractivity contribution in [3.8, 4) is 22.3 Å². The first-order valence-electron chi connectivity index (χ1n) is 6.79. The van der Waals surface area contributed by atoms with Gasteiger partial charge in [-0.3, -0.25) is 0 Å². The predicted molar refractivity (Wildman–Crippen MR) is 87.4 cm³/mol. The van der Waals surface area contributed by atoms with E-state index in [1.807, 2.05) is 12.1 Å². The van der Waals surface area contributed by atoms with E-state index in [-0.39, 0.29) is 0 Å². The van der Waals surface area contributed by atoms with Gasteiger partial charge in [0.2, 0.25) is 0 Å². The van der Waals surface area contributed by atoms with Crippen LogP contribution in [0, 0.1) is 0 Å². The summed E-state index contributed by atoms with van der Waals surface area (Å²) in [6.45, 7) is 0. The van der Waals surface area contributed by atoms with Crippen LogP contribution in [0.15, 0.2) is 72.8 Å². The monoisotopic (exact) mass is 386 g/mol. The van der Waals surface area contributed by atoms with Gasteiger partial charge >= 0.3 is 133 Å². The van der Waals surface area contributed by atoms with Gasteiger partial charge in [-0.1, -0.05) is 0 Å². The summed E-state index contributed by atoms with van der Waals surface area (Å²) in [6, 6.07) is 25.2. The van der Waals surface area contributed by atoms with Crippen LogP contribution in [0.1, 0.15) is 0 Å². The molecule has 4 rings (SSSR count). The van der Waals surface area contributed by atoms with Crippen molar-refractivity contribution in [3.63, 3.8) is 0 Å². The number of fused-ring (bicyclic) bond motifs is 1. The fourth-order valence-corrected chi connectivity index (χ4v) is 4.21. The molecule has 4 aromatic rings. The van der Waals surface area contributed by atoms with Crippen molar-refractivity contribution >= 4 is 32.0 Å². The summed E-state index contributed by atoms with van der Waals surface area (Å²) in [6.07, 6.45) is 0. The van der Waals surface area contributed by atoms with E-state index in [0.717, 1.165) is 11.0 Å². The van der Waals surface area contributed by atoms with E-state index in [9.17, 15) is 0 Å². The molecule has 1 heterocycles. The Hall–Kier alpha value is -1.95. The maximum absolute atomic E-state index is 4.73. The Morgan fingerprint density at radius 3 is 1.38 bits per heavy atom. The van der Waals surface area contributed by atoms with Gasteiger partial charge in [-0.15, -0.1) is 0 Å². The third-order valence-electron chi connectivity index (χ3n) is 3.59. The average Bonchev–Trinajstić information content (AvgIpc) is 3.05. The Bertz CT molecular complexity index is 809. The van der Waals surface area contributed by atoms with Crippen LogP contribution in [0.25, 0.3) is 33.3 Å². The zero-order chi connectivity index (χ0) is 14.1. The van der Waals surface area contributed by atoms with Crippen molar-refractivity contribution in [1.29, 1.82) is 0 Å². The molecule has 0 bridgehead atoms. The minimum atomic E-state index is -0.633. The third-order valence-corrected chi connectivity index (χ3v) is 5.09. The molecule has 3 aromatic carbocycles. The molecule has 0 spiro atoms. The first-order chi connectivity index (χ1) is 10.4. The van der Waals surface area contributed by atoms with Crippen molar-refractivity contribution in [1.82, 2.24) is 6.41 Å². The Kier molecular flexibility index (Phi) is 3.31. The number of aromatic nitrogens is 2. The standard InChI is InChI=1S/C18H12N2Te/c1-3-7-13(8-4-1)15-11-12-16(14-9-5-2-6-10-14)18-17(15)19-21-20-18/h1-12H. The van der Waals surface area contributed by atoms with Gasteiger partial charge in [0.25, 0.3) is 0 Å². The summed E-state index contributed by atoms with van der Waals surface area (Å²) in [7, 11) is 0. The minimum absolute atomic E-state index is 0.633. The molecular weight excluding hydrogens is 372 g/mol. The quantitative estimate of drug-likeness (QED) is 0.488. The fourth-order valence-electron chi connectivity index (χ4n) is 2.57. The number of benzene rings is 3. The van der Waals surface area contributed by atoms with E-state index < -0.39 is 21.0 Å². The van der Waals surface area contributed by atoms with E-state index in [1.54, 1.807) is 0 Å². The SMILES string of the molecule is c1ccc(-c2ccc(-c3ccccc3)c3n[te]nc23)cc1. The number of rotatable bonds is 2. The zero-order valence-electron chi connectivity index (χ0n) is 11.2. The van der Waals surface area contributed by atoms with Crippen molar-refractivity contribution in [3.05, 3.63) is 72.8 Å². The van der Waals surface area contributed by atoms with Gasteiger partial charge in [-0.2, -0.15) is 0 Å². The van der Waals surface area contributed by atoms with E-state index in [4.69, 9.17) is 6.41 Å². The fraction of sp³-hybridized carbons (Fsp3) is 0. The van der Waals surface area contributed by atoms with Gasteiger partial charge in [0, 0.05) is 0 Å². The second-order valence-corrected chi connectivity index (χ2v) is 6.36. The van der Waals surface area contributed by atoms with Gasteiger partial charge in [0.1, 0.15) is 0 Å². The third kappa shape index (κ3) is 2.29. The Balaban J connectivity index is 1.97. The van der Waals surface area contributed by atoms with E-state index >= 15 is 0 Å². The van der Waals surface area contributed by atoms with Crippen molar-refractivity contribution in [2.24, 2.45) is 0 Å². The molecule has 0 amide bonds. The molecule has 100 valence electrons. The molecule has 0 atom stereocenters.